The summed E-state index contributed by atoms with van der Waals surface area (Å²) in [5, 5.41) is 20.1. The highest BCUT2D eigenvalue weighted by Crippen LogP contribution is 2.40. The summed E-state index contributed by atoms with van der Waals surface area (Å²) < 4.78 is 42.9. The number of carbonyl (C=O) groups is 3. The molecule has 390 valence electrons. The number of carbonyl (C=O) groups excluding carboxylic acids is 3. The number of anilines is 2. The number of hydrogen-bond donors (Lipinski definition) is 1. The van der Waals surface area contributed by atoms with Crippen LogP contribution in [-0.4, -0.2) is 123 Å². The van der Waals surface area contributed by atoms with Crippen LogP contribution in [0, 0.1) is 25.2 Å². The van der Waals surface area contributed by atoms with Crippen LogP contribution in [-0.2, 0) is 48.9 Å². The number of phenols is 1. The lowest BCUT2D eigenvalue weighted by molar-refractivity contribution is -0.131. The van der Waals surface area contributed by atoms with Crippen LogP contribution in [0.25, 0.3) is 11.3 Å². The highest BCUT2D eigenvalue weighted by molar-refractivity contribution is 6.13. The third kappa shape index (κ3) is 10.8. The van der Waals surface area contributed by atoms with Crippen molar-refractivity contribution in [2.45, 2.75) is 78.1 Å². The molecule has 0 unspecified atom stereocenters. The summed E-state index contributed by atoms with van der Waals surface area (Å²) >= 11 is 0. The molecular weight excluding hydrogens is 955 g/mol. The van der Waals surface area contributed by atoms with Gasteiger partial charge in [0.25, 0.3) is 11.8 Å². The molecule has 4 aliphatic rings. The number of benzene rings is 4. The summed E-state index contributed by atoms with van der Waals surface area (Å²) in [4.78, 5) is 55.1. The molecule has 2 aromatic heterocycles. The van der Waals surface area contributed by atoms with E-state index in [4.69, 9.17) is 9.47 Å². The number of alkyl halides is 2. The number of aromatic hydroxyl groups is 1. The fourth-order valence-corrected chi connectivity index (χ4v) is 11.3. The number of amides is 3. The smallest absolute Gasteiger partial charge is 0.319 e. The molecule has 2 saturated heterocycles. The topological polar surface area (TPSA) is 140 Å². The largest absolute Gasteiger partial charge is 0.508 e. The minimum absolute atomic E-state index is 0.00674. The number of halogens is 2. The zero-order chi connectivity index (χ0) is 52.3. The quantitative estimate of drug-likeness (QED) is 0.113. The number of rotatable bonds is 14. The maximum Gasteiger partial charge on any atom is 0.319 e. The number of phenolic OH excluding ortho intramolecular Hbond substituents is 1. The van der Waals surface area contributed by atoms with Crippen LogP contribution in [0.3, 0.4) is 0 Å². The van der Waals surface area contributed by atoms with Crippen LogP contribution in [0.4, 0.5) is 20.2 Å². The highest BCUT2D eigenvalue weighted by atomic mass is 19.3. The van der Waals surface area contributed by atoms with E-state index in [0.717, 1.165) is 93.3 Å². The lowest BCUT2D eigenvalue weighted by Crippen LogP contribution is -2.51. The molecule has 6 aromatic rings. The number of morpholine rings is 1. The summed E-state index contributed by atoms with van der Waals surface area (Å²) in [6.07, 6.45) is 4.89. The Balaban J connectivity index is 0.995. The third-order valence-corrected chi connectivity index (χ3v) is 15.7. The van der Waals surface area contributed by atoms with Crippen LogP contribution in [0.5, 0.6) is 11.5 Å². The van der Waals surface area contributed by atoms with Gasteiger partial charge in [0.05, 0.1) is 30.9 Å². The summed E-state index contributed by atoms with van der Waals surface area (Å²) in [5.74, 6) is -0.0241. The Morgan fingerprint density at radius 1 is 0.813 bits per heavy atom. The van der Waals surface area contributed by atoms with E-state index >= 15 is 9.59 Å². The van der Waals surface area contributed by atoms with Crippen molar-refractivity contribution in [1.29, 1.82) is 5.26 Å². The Kier molecular flexibility index (Phi) is 15.2. The Labute approximate surface area is 436 Å². The van der Waals surface area contributed by atoms with Gasteiger partial charge in [-0.15, -0.1) is 0 Å². The van der Waals surface area contributed by atoms with Gasteiger partial charge in [0, 0.05) is 92.8 Å². The molecule has 16 heteroatoms. The number of ether oxygens (including phenoxy) is 2. The van der Waals surface area contributed by atoms with Crippen molar-refractivity contribution in [2.24, 2.45) is 7.05 Å². The average molecular weight is 1020 g/mol. The van der Waals surface area contributed by atoms with Crippen molar-refractivity contribution in [1.82, 2.24) is 28.7 Å². The molecule has 3 amide bonds. The Morgan fingerprint density at radius 2 is 1.55 bits per heavy atom. The van der Waals surface area contributed by atoms with Crippen molar-refractivity contribution >= 4 is 29.1 Å². The first-order valence-corrected chi connectivity index (χ1v) is 26.1. The van der Waals surface area contributed by atoms with Gasteiger partial charge in [-0.3, -0.25) is 28.8 Å². The minimum atomic E-state index is -3.04. The second kappa shape index (κ2) is 22.3. The molecule has 10 rings (SSSR count). The molecule has 2 fully saturated rings. The molecule has 0 bridgehead atoms. The van der Waals surface area contributed by atoms with E-state index in [9.17, 15) is 23.9 Å². The molecule has 0 aliphatic carbocycles. The number of fused-ring (bicyclic) bond motifs is 2. The van der Waals surface area contributed by atoms with Crippen LogP contribution in [0.1, 0.15) is 91.4 Å². The van der Waals surface area contributed by atoms with E-state index in [0.29, 0.717) is 66.2 Å². The third-order valence-electron chi connectivity index (χ3n) is 15.7. The van der Waals surface area contributed by atoms with Gasteiger partial charge in [0.15, 0.2) is 0 Å². The van der Waals surface area contributed by atoms with Crippen LogP contribution < -0.4 is 9.64 Å². The average Bonchev–Trinajstić information content (AvgIpc) is 3.95. The van der Waals surface area contributed by atoms with Gasteiger partial charge in [-0.1, -0.05) is 42.8 Å². The number of aromatic nitrogens is 2. The molecule has 1 N–H and O–H groups in total. The van der Waals surface area contributed by atoms with E-state index < -0.39 is 12.5 Å². The number of likely N-dealkylation sites (tertiary alicyclic amines) is 1. The van der Waals surface area contributed by atoms with E-state index in [-0.39, 0.29) is 58.4 Å². The number of nitriles is 1. The summed E-state index contributed by atoms with van der Waals surface area (Å²) in [6, 6.07) is 30.6. The molecule has 0 radical (unpaired) electrons. The fourth-order valence-electron chi connectivity index (χ4n) is 11.3. The number of hydrogen-bond acceptors (Lipinski definition) is 9. The van der Waals surface area contributed by atoms with E-state index in [1.54, 1.807) is 13.0 Å². The lowest BCUT2D eigenvalue weighted by Gasteiger charge is -2.41. The standard InChI is InChI=1S/C59H64F2N8O6/c1-39-51(58(73)69(46-13-15-49(70)16-14-46)54-33-47(35-62)68(40(54)2)59(60)61)34-55(63(39)3)52-31-43-19-22-66(56(71)29-41-11-17-50(18-12-41)75-28-25-64-23-26-74-27-24-64)36-45(43)32-53(52)57(72)67-37-44-10-6-5-9-42(44)30-48(67)38-65-20-7-4-8-21-65/h5-6,9-18,31-34,48,59,70H,4,7-8,19-30,36-38H2,1-3H3/t48-/m0/s1. The Hall–Kier alpha value is -7.32. The summed E-state index contributed by atoms with van der Waals surface area (Å²) in [7, 11) is 1.84. The lowest BCUT2D eigenvalue weighted by atomic mass is 9.89. The van der Waals surface area contributed by atoms with Crippen molar-refractivity contribution < 1.29 is 37.7 Å². The molecular formula is C59H64F2N8O6. The highest BCUT2D eigenvalue weighted by Gasteiger charge is 2.36. The molecule has 4 aromatic carbocycles. The van der Waals surface area contributed by atoms with E-state index in [2.05, 4.69) is 28.0 Å². The maximum absolute atomic E-state index is 15.8. The van der Waals surface area contributed by atoms with Crippen molar-refractivity contribution in [3.63, 3.8) is 0 Å². The molecule has 4 aliphatic heterocycles. The van der Waals surface area contributed by atoms with Crippen LogP contribution in [0.15, 0.2) is 97.1 Å². The van der Waals surface area contributed by atoms with E-state index in [1.165, 1.54) is 54.1 Å². The summed E-state index contributed by atoms with van der Waals surface area (Å²) in [5.41, 5.74) is 7.63. The summed E-state index contributed by atoms with van der Waals surface area (Å²) in [6.45, 7) is 8.76. The van der Waals surface area contributed by atoms with Gasteiger partial charge in [0.1, 0.15) is 29.9 Å². The van der Waals surface area contributed by atoms with Crippen LogP contribution in [0.2, 0.25) is 0 Å². The van der Waals surface area contributed by atoms with Gasteiger partial charge in [-0.05, 0) is 141 Å². The SMILES string of the molecule is Cc1c(C(=O)N(c2ccc(O)cc2)c2cc(C#N)n(C(F)F)c2C)cc(-c2cc3c(cc2C(=O)N2Cc4ccccc4C[C@H]2CN2CCCCC2)CN(C(=O)Cc2ccc(OCCN4CCOCC4)cc2)CC3)n1C. The molecule has 0 saturated carbocycles. The fraction of sp³-hybridized carbons (Fsp3) is 0.390. The van der Waals surface area contributed by atoms with Crippen LogP contribution >= 0.6 is 0 Å². The van der Waals surface area contributed by atoms with E-state index in [1.807, 2.05) is 69.9 Å². The first-order chi connectivity index (χ1) is 36.3. The molecule has 1 atom stereocenters. The number of piperidine rings is 1. The van der Waals surface area contributed by atoms with Crippen molar-refractivity contribution in [3.05, 3.63) is 153 Å². The van der Waals surface area contributed by atoms with Crippen molar-refractivity contribution in [3.8, 4) is 28.8 Å². The molecule has 6 heterocycles. The predicted octanol–water partition coefficient (Wildman–Crippen LogP) is 8.95. The predicted molar refractivity (Wildman–Crippen MR) is 281 cm³/mol. The minimum Gasteiger partial charge on any atom is -0.508 e. The second-order valence-corrected chi connectivity index (χ2v) is 20.3. The zero-order valence-electron chi connectivity index (χ0n) is 42.9. The van der Waals surface area contributed by atoms with Gasteiger partial charge in [0.2, 0.25) is 5.91 Å². The Morgan fingerprint density at radius 3 is 2.25 bits per heavy atom. The van der Waals surface area contributed by atoms with Gasteiger partial charge in [-0.25, -0.2) is 0 Å². The first kappa shape index (κ1) is 51.2. The molecule has 14 nitrogen and oxygen atoms in total. The first-order valence-electron chi connectivity index (χ1n) is 26.1. The van der Waals surface area contributed by atoms with Gasteiger partial charge < -0.3 is 33.8 Å². The Bertz CT molecular complexity index is 3110. The normalized spacial score (nSPS) is 17.1. The van der Waals surface area contributed by atoms with Crippen molar-refractivity contribution in [2.75, 3.05) is 70.5 Å². The monoisotopic (exact) mass is 1020 g/mol. The second-order valence-electron chi connectivity index (χ2n) is 20.3. The zero-order valence-corrected chi connectivity index (χ0v) is 42.9. The van der Waals surface area contributed by atoms with Gasteiger partial charge >= 0.3 is 6.55 Å². The molecule has 0 spiro atoms. The van der Waals surface area contributed by atoms with Gasteiger partial charge in [-0.2, -0.15) is 14.0 Å². The maximum atomic E-state index is 15.8. The number of nitrogens with zero attached hydrogens (tertiary/aromatic N) is 8. The molecule has 75 heavy (non-hydrogen) atoms.